The molecule has 0 bridgehead atoms. The van der Waals surface area contributed by atoms with Gasteiger partial charge >= 0.3 is 0 Å². The summed E-state index contributed by atoms with van der Waals surface area (Å²) in [6.07, 6.45) is 0. The first-order chi connectivity index (χ1) is 4.73. The van der Waals surface area contributed by atoms with Crippen molar-refractivity contribution < 1.29 is 5.11 Å². The lowest BCUT2D eigenvalue weighted by Crippen LogP contribution is -2.55. The van der Waals surface area contributed by atoms with Gasteiger partial charge in [-0.05, 0) is 6.92 Å². The van der Waals surface area contributed by atoms with Gasteiger partial charge in [0.05, 0.1) is 23.5 Å². The molecule has 0 heterocycles. The van der Waals surface area contributed by atoms with Crippen molar-refractivity contribution in [3.8, 4) is 0 Å². The SMILES string of the molecule is CN=C([SiH3])C(C)(O)[Si](C)(C)C. The summed E-state index contributed by atoms with van der Waals surface area (Å²) in [7, 11) is 1.12. The van der Waals surface area contributed by atoms with E-state index in [1.54, 1.807) is 7.05 Å². The van der Waals surface area contributed by atoms with Crippen molar-refractivity contribution >= 4 is 23.7 Å². The van der Waals surface area contributed by atoms with Gasteiger partial charge < -0.3 is 10.1 Å². The monoisotopic (exact) mass is 189 g/mol. The summed E-state index contributed by atoms with van der Waals surface area (Å²) in [4.78, 5) is 4.09. The summed E-state index contributed by atoms with van der Waals surface area (Å²) in [5, 5.41) is 10.5. The third-order valence-corrected chi connectivity index (χ3v) is 7.70. The maximum Gasteiger partial charge on any atom is 0.0884 e. The lowest BCUT2D eigenvalue weighted by atomic mass is 10.4. The van der Waals surface area contributed by atoms with E-state index in [9.17, 15) is 5.11 Å². The molecule has 1 atom stereocenters. The van der Waals surface area contributed by atoms with Crippen molar-refractivity contribution in [2.75, 3.05) is 7.05 Å². The zero-order valence-corrected chi connectivity index (χ0v) is 11.4. The highest BCUT2D eigenvalue weighted by Gasteiger charge is 2.38. The van der Waals surface area contributed by atoms with Crippen LogP contribution in [0.5, 0.6) is 0 Å². The van der Waals surface area contributed by atoms with Crippen LogP contribution in [0.25, 0.3) is 0 Å². The summed E-state index contributed by atoms with van der Waals surface area (Å²) < 4.78 is 0. The summed E-state index contributed by atoms with van der Waals surface area (Å²) in [6.45, 7) is 8.39. The van der Waals surface area contributed by atoms with E-state index in [-0.39, 0.29) is 0 Å². The van der Waals surface area contributed by atoms with Crippen LogP contribution in [0.3, 0.4) is 0 Å². The fourth-order valence-electron chi connectivity index (χ4n) is 0.760. The molecule has 0 amide bonds. The zero-order chi connectivity index (χ0) is 9.28. The number of aliphatic hydroxyl groups is 1. The topological polar surface area (TPSA) is 32.6 Å². The number of rotatable bonds is 2. The predicted molar refractivity (Wildman–Crippen MR) is 57.3 cm³/mol. The average Bonchev–Trinajstić information content (AvgIpc) is 1.83. The van der Waals surface area contributed by atoms with Gasteiger partial charge in [-0.1, -0.05) is 19.6 Å². The number of hydrogen-bond donors (Lipinski definition) is 1. The van der Waals surface area contributed by atoms with E-state index in [2.05, 4.69) is 24.6 Å². The van der Waals surface area contributed by atoms with Crippen LogP contribution in [-0.4, -0.2) is 41.0 Å². The minimum atomic E-state index is -1.51. The zero-order valence-electron chi connectivity index (χ0n) is 8.39. The molecular formula is C7H19NOSi2. The highest BCUT2D eigenvalue weighted by Crippen LogP contribution is 2.20. The van der Waals surface area contributed by atoms with E-state index in [1.165, 1.54) is 0 Å². The Morgan fingerprint density at radius 2 is 1.82 bits per heavy atom. The molecular weight excluding hydrogens is 170 g/mol. The minimum absolute atomic E-state index is 0.603. The third-order valence-electron chi connectivity index (χ3n) is 2.50. The highest BCUT2D eigenvalue weighted by molar-refractivity contribution is 6.87. The predicted octanol–water partition coefficient (Wildman–Crippen LogP) is 0.00850. The van der Waals surface area contributed by atoms with Crippen LogP contribution in [0.2, 0.25) is 19.6 Å². The Morgan fingerprint density at radius 1 is 1.45 bits per heavy atom. The molecule has 0 saturated carbocycles. The van der Waals surface area contributed by atoms with Gasteiger partial charge in [0.15, 0.2) is 0 Å². The van der Waals surface area contributed by atoms with Crippen LogP contribution < -0.4 is 0 Å². The number of hydrogen-bond acceptors (Lipinski definition) is 2. The number of aliphatic imine (C=N–C) groups is 1. The summed E-state index contributed by atoms with van der Waals surface area (Å²) in [6, 6.07) is 0. The molecule has 0 rings (SSSR count). The third kappa shape index (κ3) is 2.25. The molecule has 0 aromatic carbocycles. The van der Waals surface area contributed by atoms with Gasteiger partial charge in [0.2, 0.25) is 0 Å². The first-order valence-corrected chi connectivity index (χ1v) is 8.39. The first kappa shape index (κ1) is 11.1. The summed E-state index contributed by atoms with van der Waals surface area (Å²) in [5.74, 6) is 0. The standard InChI is InChI=1S/C7H19NOSi2/c1-7(9,6(10)8-2)11(3,4)5/h9H,1-5,10H3. The van der Waals surface area contributed by atoms with Crippen LogP contribution in [0.4, 0.5) is 0 Å². The van der Waals surface area contributed by atoms with Gasteiger partial charge in [-0.15, -0.1) is 0 Å². The van der Waals surface area contributed by atoms with Crippen LogP contribution >= 0.6 is 0 Å². The molecule has 0 radical (unpaired) electrons. The Bertz CT molecular complexity index is 170. The van der Waals surface area contributed by atoms with Crippen molar-refractivity contribution in [2.24, 2.45) is 4.99 Å². The van der Waals surface area contributed by atoms with Crippen molar-refractivity contribution in [1.82, 2.24) is 0 Å². The lowest BCUT2D eigenvalue weighted by molar-refractivity contribution is 0.209. The molecule has 0 aliphatic rings. The van der Waals surface area contributed by atoms with Crippen LogP contribution in [0, 0.1) is 0 Å². The Balaban J connectivity index is 4.74. The Morgan fingerprint density at radius 3 is 1.91 bits per heavy atom. The largest absolute Gasteiger partial charge is 0.388 e. The molecule has 0 fully saturated rings. The van der Waals surface area contributed by atoms with Gasteiger partial charge in [-0.3, -0.25) is 0 Å². The quantitative estimate of drug-likeness (QED) is 0.482. The first-order valence-electron chi connectivity index (χ1n) is 3.89. The van der Waals surface area contributed by atoms with Gasteiger partial charge in [0.1, 0.15) is 0 Å². The molecule has 2 nitrogen and oxygen atoms in total. The van der Waals surface area contributed by atoms with Gasteiger partial charge in [-0.2, -0.15) is 0 Å². The number of nitrogens with zero attached hydrogens (tertiary/aromatic N) is 1. The molecule has 1 unspecified atom stereocenters. The molecule has 11 heavy (non-hydrogen) atoms. The second kappa shape index (κ2) is 3.20. The van der Waals surface area contributed by atoms with Gasteiger partial charge in [-0.25, -0.2) is 0 Å². The van der Waals surface area contributed by atoms with Crippen LogP contribution in [-0.2, 0) is 0 Å². The van der Waals surface area contributed by atoms with Crippen LogP contribution in [0.15, 0.2) is 4.99 Å². The normalized spacial score (nSPS) is 20.0. The summed E-state index contributed by atoms with van der Waals surface area (Å²) in [5.41, 5.74) is 0. The molecule has 1 N–H and O–H groups in total. The van der Waals surface area contributed by atoms with E-state index in [1.807, 2.05) is 6.92 Å². The van der Waals surface area contributed by atoms with Crippen molar-refractivity contribution in [2.45, 2.75) is 31.8 Å². The Labute approximate surface area is 73.2 Å². The van der Waals surface area contributed by atoms with E-state index in [4.69, 9.17) is 0 Å². The van der Waals surface area contributed by atoms with Gasteiger partial charge in [0.25, 0.3) is 0 Å². The Kier molecular flexibility index (Phi) is 3.22. The minimum Gasteiger partial charge on any atom is -0.388 e. The fraction of sp³-hybridized carbons (Fsp3) is 0.857. The molecule has 0 aliphatic carbocycles. The van der Waals surface area contributed by atoms with Gasteiger partial charge in [0, 0.05) is 12.4 Å². The van der Waals surface area contributed by atoms with Crippen molar-refractivity contribution in [3.63, 3.8) is 0 Å². The Hall–Kier alpha value is 0.0638. The maximum atomic E-state index is 10.1. The summed E-state index contributed by atoms with van der Waals surface area (Å²) >= 11 is 0. The second-order valence-electron chi connectivity index (χ2n) is 4.13. The van der Waals surface area contributed by atoms with E-state index < -0.39 is 13.3 Å². The molecule has 66 valence electrons. The second-order valence-corrected chi connectivity index (χ2v) is 10.6. The van der Waals surface area contributed by atoms with Crippen LogP contribution in [0.1, 0.15) is 6.92 Å². The van der Waals surface area contributed by atoms with Crippen molar-refractivity contribution in [1.29, 1.82) is 0 Å². The van der Waals surface area contributed by atoms with Crippen molar-refractivity contribution in [3.05, 3.63) is 0 Å². The molecule has 4 heteroatoms. The van der Waals surface area contributed by atoms with E-state index >= 15 is 0 Å². The molecule has 0 aromatic heterocycles. The smallest absolute Gasteiger partial charge is 0.0884 e. The molecule has 0 aromatic rings. The average molecular weight is 189 g/mol. The highest BCUT2D eigenvalue weighted by atomic mass is 28.3. The lowest BCUT2D eigenvalue weighted by Gasteiger charge is -2.35. The molecule has 0 spiro atoms. The van der Waals surface area contributed by atoms with E-state index in [0.717, 1.165) is 15.6 Å². The fourth-order valence-corrected chi connectivity index (χ4v) is 4.21. The maximum absolute atomic E-state index is 10.1. The van der Waals surface area contributed by atoms with E-state index in [0.29, 0.717) is 0 Å². The molecule has 0 aliphatic heterocycles. The molecule has 0 saturated heterocycles.